The summed E-state index contributed by atoms with van der Waals surface area (Å²) in [5, 5.41) is 12.2. The fourth-order valence-corrected chi connectivity index (χ4v) is 2.00. The summed E-state index contributed by atoms with van der Waals surface area (Å²) < 4.78 is 5.14. The molecule has 0 unspecified atom stereocenters. The molecule has 2 aromatic rings. The molecule has 1 aromatic carbocycles. The Balaban J connectivity index is 1.99. The van der Waals surface area contributed by atoms with Gasteiger partial charge in [-0.15, -0.1) is 0 Å². The van der Waals surface area contributed by atoms with Crippen LogP contribution in [0.3, 0.4) is 0 Å². The number of aromatic nitrogens is 2. The Hall–Kier alpha value is -2.63. The number of benzene rings is 1. The zero-order valence-corrected chi connectivity index (χ0v) is 12.0. The molecule has 21 heavy (non-hydrogen) atoms. The molecule has 0 aliphatic heterocycles. The number of carboxylic acid groups (broad SMARTS) is 1. The van der Waals surface area contributed by atoms with E-state index >= 15 is 0 Å². The number of carbonyl (C=O) groups is 1. The Labute approximate surface area is 122 Å². The quantitative estimate of drug-likeness (QED) is 0.847. The lowest BCUT2D eigenvalue weighted by Crippen LogP contribution is -2.09. The second kappa shape index (κ2) is 6.69. The van der Waals surface area contributed by atoms with Gasteiger partial charge in [0.1, 0.15) is 12.1 Å². The van der Waals surface area contributed by atoms with Crippen molar-refractivity contribution in [2.45, 2.75) is 13.3 Å². The van der Waals surface area contributed by atoms with E-state index in [0.29, 0.717) is 24.4 Å². The number of ether oxygens (including phenoxy) is 1. The highest BCUT2D eigenvalue weighted by Crippen LogP contribution is 2.19. The zero-order chi connectivity index (χ0) is 15.2. The minimum Gasteiger partial charge on any atom is -0.481 e. The Morgan fingerprint density at radius 3 is 2.90 bits per heavy atom. The summed E-state index contributed by atoms with van der Waals surface area (Å²) in [6.07, 6.45) is 2.14. The van der Waals surface area contributed by atoms with E-state index in [1.807, 2.05) is 13.0 Å². The van der Waals surface area contributed by atoms with Gasteiger partial charge in [0.25, 0.3) is 0 Å². The number of rotatable bonds is 6. The van der Waals surface area contributed by atoms with Crippen LogP contribution in [0.4, 0.5) is 5.82 Å². The normalized spacial score (nSPS) is 10.2. The van der Waals surface area contributed by atoms with Gasteiger partial charge in [-0.2, -0.15) is 0 Å². The van der Waals surface area contributed by atoms with Crippen molar-refractivity contribution in [1.82, 2.24) is 9.97 Å². The van der Waals surface area contributed by atoms with Gasteiger partial charge in [-0.05, 0) is 31.0 Å². The average Bonchev–Trinajstić information content (AvgIpc) is 2.49. The van der Waals surface area contributed by atoms with Crippen molar-refractivity contribution >= 4 is 11.8 Å². The predicted molar refractivity (Wildman–Crippen MR) is 78.9 cm³/mol. The number of methoxy groups -OCH3 is 1. The van der Waals surface area contributed by atoms with E-state index in [1.165, 1.54) is 6.33 Å². The van der Waals surface area contributed by atoms with Crippen LogP contribution in [0.2, 0.25) is 0 Å². The molecule has 2 N–H and O–H groups in total. The third-order valence-electron chi connectivity index (χ3n) is 3.11. The molecule has 0 saturated heterocycles. The molecule has 6 heteroatoms. The van der Waals surface area contributed by atoms with Crippen LogP contribution in [0.5, 0.6) is 5.88 Å². The smallest absolute Gasteiger partial charge is 0.335 e. The van der Waals surface area contributed by atoms with Crippen LogP contribution < -0.4 is 10.1 Å². The zero-order valence-electron chi connectivity index (χ0n) is 12.0. The molecular weight excluding hydrogens is 270 g/mol. The summed E-state index contributed by atoms with van der Waals surface area (Å²) in [6, 6.07) is 6.91. The number of hydrogen-bond donors (Lipinski definition) is 2. The highest BCUT2D eigenvalue weighted by Gasteiger charge is 2.07. The van der Waals surface area contributed by atoms with Crippen LogP contribution in [-0.4, -0.2) is 34.7 Å². The number of nitrogens with one attached hydrogen (secondary N) is 1. The minimum atomic E-state index is -0.916. The molecule has 0 bridgehead atoms. The van der Waals surface area contributed by atoms with Crippen LogP contribution in [0.15, 0.2) is 30.6 Å². The third-order valence-corrected chi connectivity index (χ3v) is 3.11. The lowest BCUT2D eigenvalue weighted by atomic mass is 10.1. The summed E-state index contributed by atoms with van der Waals surface area (Å²) in [4.78, 5) is 19.1. The number of hydrogen-bond acceptors (Lipinski definition) is 5. The van der Waals surface area contributed by atoms with Crippen molar-refractivity contribution in [2.24, 2.45) is 0 Å². The van der Waals surface area contributed by atoms with Crippen molar-refractivity contribution in [3.05, 3.63) is 47.3 Å². The maximum atomic E-state index is 10.9. The van der Waals surface area contributed by atoms with Gasteiger partial charge in [0.2, 0.25) is 5.88 Å². The monoisotopic (exact) mass is 287 g/mol. The molecule has 2 rings (SSSR count). The van der Waals surface area contributed by atoms with Crippen molar-refractivity contribution in [2.75, 3.05) is 19.0 Å². The molecule has 6 nitrogen and oxygen atoms in total. The highest BCUT2D eigenvalue weighted by atomic mass is 16.5. The van der Waals surface area contributed by atoms with Crippen LogP contribution in [0.1, 0.15) is 21.5 Å². The van der Waals surface area contributed by atoms with Gasteiger partial charge in [-0.3, -0.25) is 0 Å². The first-order chi connectivity index (χ1) is 10.1. The molecule has 1 heterocycles. The summed E-state index contributed by atoms with van der Waals surface area (Å²) in [5.74, 6) is 0.345. The third kappa shape index (κ3) is 3.68. The van der Waals surface area contributed by atoms with Gasteiger partial charge in [-0.1, -0.05) is 12.1 Å². The number of aromatic carboxylic acids is 1. The minimum absolute atomic E-state index is 0.299. The first-order valence-electron chi connectivity index (χ1n) is 6.53. The molecule has 1 aromatic heterocycles. The van der Waals surface area contributed by atoms with Gasteiger partial charge in [0, 0.05) is 6.54 Å². The molecule has 110 valence electrons. The van der Waals surface area contributed by atoms with Crippen LogP contribution in [-0.2, 0) is 6.42 Å². The first kappa shape index (κ1) is 14.8. The lowest BCUT2D eigenvalue weighted by Gasteiger charge is -2.10. The van der Waals surface area contributed by atoms with Crippen molar-refractivity contribution in [3.8, 4) is 5.88 Å². The Morgan fingerprint density at radius 2 is 2.19 bits per heavy atom. The first-order valence-corrected chi connectivity index (χ1v) is 6.53. The molecule has 0 spiro atoms. The Bertz CT molecular complexity index is 644. The Kier molecular flexibility index (Phi) is 4.71. The number of anilines is 1. The fraction of sp³-hybridized carbons (Fsp3) is 0.267. The van der Waals surface area contributed by atoms with Crippen LogP contribution >= 0.6 is 0 Å². The van der Waals surface area contributed by atoms with Crippen LogP contribution in [0, 0.1) is 6.92 Å². The van der Waals surface area contributed by atoms with Gasteiger partial charge < -0.3 is 15.2 Å². The fourth-order valence-electron chi connectivity index (χ4n) is 2.00. The number of nitrogens with zero attached hydrogens (tertiary/aromatic N) is 2. The summed E-state index contributed by atoms with van der Waals surface area (Å²) in [5.41, 5.74) is 2.10. The average molecular weight is 287 g/mol. The molecule has 0 amide bonds. The van der Waals surface area contributed by atoms with E-state index < -0.39 is 5.97 Å². The highest BCUT2D eigenvalue weighted by molar-refractivity contribution is 5.87. The van der Waals surface area contributed by atoms with E-state index in [4.69, 9.17) is 9.84 Å². The van der Waals surface area contributed by atoms with Crippen molar-refractivity contribution < 1.29 is 14.6 Å². The second-order valence-electron chi connectivity index (χ2n) is 4.54. The van der Waals surface area contributed by atoms with E-state index in [9.17, 15) is 4.79 Å². The van der Waals surface area contributed by atoms with E-state index in [0.717, 1.165) is 16.9 Å². The van der Waals surface area contributed by atoms with Crippen molar-refractivity contribution in [1.29, 1.82) is 0 Å². The van der Waals surface area contributed by atoms with E-state index in [2.05, 4.69) is 15.3 Å². The molecule has 0 saturated carbocycles. The molecular formula is C15H17N3O3. The SMILES string of the molecule is COc1ncnc(NCCc2cccc(C(=O)O)c2)c1C. The van der Waals surface area contributed by atoms with Gasteiger partial charge >= 0.3 is 5.97 Å². The van der Waals surface area contributed by atoms with E-state index in [1.54, 1.807) is 25.3 Å². The van der Waals surface area contributed by atoms with E-state index in [-0.39, 0.29) is 0 Å². The summed E-state index contributed by atoms with van der Waals surface area (Å²) in [6.45, 7) is 2.52. The van der Waals surface area contributed by atoms with Crippen LogP contribution in [0.25, 0.3) is 0 Å². The summed E-state index contributed by atoms with van der Waals surface area (Å²) in [7, 11) is 1.57. The molecule has 0 aliphatic rings. The molecule has 0 aliphatic carbocycles. The molecule has 0 atom stereocenters. The maximum absolute atomic E-state index is 10.9. The summed E-state index contributed by atoms with van der Waals surface area (Å²) >= 11 is 0. The second-order valence-corrected chi connectivity index (χ2v) is 4.54. The standard InChI is InChI=1S/C15H17N3O3/c1-10-13(17-9-18-14(10)21-2)16-7-6-11-4-3-5-12(8-11)15(19)20/h3-5,8-9H,6-7H2,1-2H3,(H,19,20)(H,16,17,18). The van der Waals surface area contributed by atoms with Gasteiger partial charge in [0.15, 0.2) is 0 Å². The molecule has 0 radical (unpaired) electrons. The largest absolute Gasteiger partial charge is 0.481 e. The Morgan fingerprint density at radius 1 is 1.38 bits per heavy atom. The lowest BCUT2D eigenvalue weighted by molar-refractivity contribution is 0.0696. The van der Waals surface area contributed by atoms with Gasteiger partial charge in [-0.25, -0.2) is 14.8 Å². The molecule has 0 fully saturated rings. The maximum Gasteiger partial charge on any atom is 0.335 e. The van der Waals surface area contributed by atoms with Gasteiger partial charge in [0.05, 0.1) is 18.2 Å². The van der Waals surface area contributed by atoms with Crippen molar-refractivity contribution in [3.63, 3.8) is 0 Å². The predicted octanol–water partition coefficient (Wildman–Crippen LogP) is 2.15. The topological polar surface area (TPSA) is 84.3 Å². The number of carboxylic acids is 1.